The van der Waals surface area contributed by atoms with Crippen molar-refractivity contribution in [1.82, 2.24) is 10.9 Å². The Bertz CT molecular complexity index is 489. The van der Waals surface area contributed by atoms with Crippen molar-refractivity contribution in [2.45, 2.75) is 6.92 Å². The van der Waals surface area contributed by atoms with E-state index in [1.807, 2.05) is 0 Å². The molecule has 17 heavy (non-hydrogen) atoms. The van der Waals surface area contributed by atoms with E-state index in [4.69, 9.17) is 11.6 Å². The lowest BCUT2D eigenvalue weighted by Gasteiger charge is -2.06. The summed E-state index contributed by atoms with van der Waals surface area (Å²) in [6.07, 6.45) is 0. The van der Waals surface area contributed by atoms with Crippen LogP contribution in [0.3, 0.4) is 0 Å². The molecule has 0 aromatic heterocycles. The first-order valence-corrected chi connectivity index (χ1v) is 4.80. The van der Waals surface area contributed by atoms with Crippen LogP contribution in [0.15, 0.2) is 18.2 Å². The number of carbonyl (C=O) groups is 2. The number of carbonyl (C=O) groups excluding carboxylic acids is 2. The molecule has 8 heteroatoms. The van der Waals surface area contributed by atoms with Gasteiger partial charge in [0.1, 0.15) is 0 Å². The average molecular weight is 258 g/mol. The summed E-state index contributed by atoms with van der Waals surface area (Å²) in [5.74, 6) is -1.20. The third-order valence-electron chi connectivity index (χ3n) is 1.76. The molecule has 1 aromatic rings. The number of nitrogens with one attached hydrogen (secondary N) is 2. The number of nitrogens with zero attached hydrogens (tertiary/aromatic N) is 1. The molecular formula is C9H8ClN3O4. The number of halogens is 1. The third kappa shape index (κ3) is 3.42. The Morgan fingerprint density at radius 3 is 2.53 bits per heavy atom. The quantitative estimate of drug-likeness (QED) is 0.610. The lowest BCUT2D eigenvalue weighted by molar-refractivity contribution is -0.384. The van der Waals surface area contributed by atoms with Crippen LogP contribution in [0.5, 0.6) is 0 Å². The number of benzene rings is 1. The highest BCUT2D eigenvalue weighted by Crippen LogP contribution is 2.21. The summed E-state index contributed by atoms with van der Waals surface area (Å²) in [5, 5.41) is 10.6. The normalized spacial score (nSPS) is 9.53. The van der Waals surface area contributed by atoms with E-state index in [0.29, 0.717) is 0 Å². The highest BCUT2D eigenvalue weighted by atomic mass is 35.5. The molecule has 0 aliphatic carbocycles. The van der Waals surface area contributed by atoms with E-state index in [1.54, 1.807) is 0 Å². The van der Waals surface area contributed by atoms with E-state index in [9.17, 15) is 19.7 Å². The number of nitro benzene ring substituents is 1. The minimum absolute atomic E-state index is 0.0541. The maximum Gasteiger partial charge on any atom is 0.271 e. The molecule has 0 heterocycles. The van der Waals surface area contributed by atoms with Crippen LogP contribution in [-0.2, 0) is 4.79 Å². The zero-order valence-corrected chi connectivity index (χ0v) is 9.45. The Morgan fingerprint density at radius 1 is 1.35 bits per heavy atom. The van der Waals surface area contributed by atoms with E-state index in [-0.39, 0.29) is 16.3 Å². The molecule has 1 aromatic carbocycles. The van der Waals surface area contributed by atoms with E-state index >= 15 is 0 Å². The second kappa shape index (κ2) is 5.26. The number of amides is 2. The van der Waals surface area contributed by atoms with Crippen molar-refractivity contribution < 1.29 is 14.5 Å². The highest BCUT2D eigenvalue weighted by molar-refractivity contribution is 6.33. The third-order valence-corrected chi connectivity index (χ3v) is 2.09. The van der Waals surface area contributed by atoms with Crippen LogP contribution in [0.2, 0.25) is 5.02 Å². The highest BCUT2D eigenvalue weighted by Gasteiger charge is 2.15. The summed E-state index contributed by atoms with van der Waals surface area (Å²) in [5.41, 5.74) is 3.76. The van der Waals surface area contributed by atoms with Crippen LogP contribution in [0.25, 0.3) is 0 Å². The molecule has 1 rings (SSSR count). The summed E-state index contributed by atoms with van der Waals surface area (Å²) in [6, 6.07) is 3.44. The number of nitro groups is 1. The predicted octanol–water partition coefficient (Wildman–Crippen LogP) is 1.03. The number of hydrogen-bond donors (Lipinski definition) is 2. The second-order valence-corrected chi connectivity index (χ2v) is 3.46. The molecule has 0 bridgehead atoms. The zero-order chi connectivity index (χ0) is 13.0. The van der Waals surface area contributed by atoms with Crippen molar-refractivity contribution in [2.75, 3.05) is 0 Å². The summed E-state index contributed by atoms with van der Waals surface area (Å²) in [7, 11) is 0. The van der Waals surface area contributed by atoms with E-state index in [2.05, 4.69) is 10.9 Å². The fourth-order valence-corrected chi connectivity index (χ4v) is 1.22. The van der Waals surface area contributed by atoms with Crippen molar-refractivity contribution in [1.29, 1.82) is 0 Å². The van der Waals surface area contributed by atoms with Gasteiger partial charge in [-0.1, -0.05) is 11.6 Å². The smallest absolute Gasteiger partial charge is 0.271 e. The van der Waals surface area contributed by atoms with Crippen LogP contribution < -0.4 is 10.9 Å². The van der Waals surface area contributed by atoms with Gasteiger partial charge in [0.15, 0.2) is 0 Å². The Morgan fingerprint density at radius 2 is 2.00 bits per heavy atom. The Balaban J connectivity index is 2.95. The van der Waals surface area contributed by atoms with Crippen molar-refractivity contribution in [3.05, 3.63) is 38.9 Å². The van der Waals surface area contributed by atoms with Gasteiger partial charge in [-0.2, -0.15) is 0 Å². The van der Waals surface area contributed by atoms with Gasteiger partial charge < -0.3 is 0 Å². The van der Waals surface area contributed by atoms with E-state index < -0.39 is 16.7 Å². The summed E-state index contributed by atoms with van der Waals surface area (Å²) < 4.78 is 0. The molecule has 0 aliphatic heterocycles. The minimum Gasteiger partial charge on any atom is -0.274 e. The zero-order valence-electron chi connectivity index (χ0n) is 8.69. The first kappa shape index (κ1) is 12.9. The molecule has 0 fully saturated rings. The molecule has 0 saturated carbocycles. The molecule has 2 amide bonds. The van der Waals surface area contributed by atoms with Gasteiger partial charge in [0.25, 0.3) is 11.6 Å². The summed E-state index contributed by atoms with van der Waals surface area (Å²) >= 11 is 5.71. The van der Waals surface area contributed by atoms with Gasteiger partial charge in [0.05, 0.1) is 15.5 Å². The fraction of sp³-hybridized carbons (Fsp3) is 0.111. The summed E-state index contributed by atoms with van der Waals surface area (Å²) in [6.45, 7) is 1.20. The van der Waals surface area contributed by atoms with Crippen molar-refractivity contribution in [2.24, 2.45) is 0 Å². The molecule has 0 unspecified atom stereocenters. The lowest BCUT2D eigenvalue weighted by atomic mass is 10.2. The van der Waals surface area contributed by atoms with Gasteiger partial charge in [-0.25, -0.2) is 0 Å². The SMILES string of the molecule is CC(=O)NNC(=O)c1cc([N+](=O)[O-])ccc1Cl. The van der Waals surface area contributed by atoms with Crippen LogP contribution in [0.4, 0.5) is 5.69 Å². The van der Waals surface area contributed by atoms with Crippen LogP contribution in [0, 0.1) is 10.1 Å². The maximum atomic E-state index is 11.5. The van der Waals surface area contributed by atoms with Gasteiger partial charge in [0, 0.05) is 19.1 Å². The van der Waals surface area contributed by atoms with E-state index in [1.165, 1.54) is 19.1 Å². The van der Waals surface area contributed by atoms with Gasteiger partial charge in [-0.15, -0.1) is 0 Å². The number of non-ortho nitro benzene ring substituents is 1. The number of rotatable bonds is 2. The Hall–Kier alpha value is -2.15. The second-order valence-electron chi connectivity index (χ2n) is 3.06. The first-order valence-electron chi connectivity index (χ1n) is 4.42. The molecule has 7 nitrogen and oxygen atoms in total. The van der Waals surface area contributed by atoms with Crippen LogP contribution in [-0.4, -0.2) is 16.7 Å². The Kier molecular flexibility index (Phi) is 4.00. The molecule has 0 radical (unpaired) electrons. The van der Waals surface area contributed by atoms with E-state index in [0.717, 1.165) is 6.07 Å². The molecule has 0 aliphatic rings. The maximum absolute atomic E-state index is 11.5. The lowest BCUT2D eigenvalue weighted by Crippen LogP contribution is -2.40. The first-order chi connectivity index (χ1) is 7.91. The van der Waals surface area contributed by atoms with Crippen molar-refractivity contribution in [3.63, 3.8) is 0 Å². The predicted molar refractivity (Wildman–Crippen MR) is 59.4 cm³/mol. The molecule has 0 spiro atoms. The molecular weight excluding hydrogens is 250 g/mol. The minimum atomic E-state index is -0.728. The fourth-order valence-electron chi connectivity index (χ4n) is 1.01. The van der Waals surface area contributed by atoms with Crippen molar-refractivity contribution in [3.8, 4) is 0 Å². The van der Waals surface area contributed by atoms with Gasteiger partial charge in [-0.3, -0.25) is 30.6 Å². The number of hydrogen-bond acceptors (Lipinski definition) is 4. The number of hydrazine groups is 1. The topological polar surface area (TPSA) is 101 Å². The van der Waals surface area contributed by atoms with Crippen LogP contribution >= 0.6 is 11.6 Å². The standard InChI is InChI=1S/C9H8ClN3O4/c1-5(14)11-12-9(15)7-4-6(13(16)17)2-3-8(7)10/h2-4H,1H3,(H,11,14)(H,12,15). The monoisotopic (exact) mass is 257 g/mol. The Labute approximate surface area is 101 Å². The molecule has 90 valence electrons. The molecule has 2 N–H and O–H groups in total. The van der Waals surface area contributed by atoms with Gasteiger partial charge in [0.2, 0.25) is 5.91 Å². The largest absolute Gasteiger partial charge is 0.274 e. The molecule has 0 atom stereocenters. The summed E-state index contributed by atoms with van der Waals surface area (Å²) in [4.78, 5) is 32.0. The van der Waals surface area contributed by atoms with Crippen molar-refractivity contribution >= 4 is 29.1 Å². The van der Waals surface area contributed by atoms with Gasteiger partial charge in [-0.05, 0) is 6.07 Å². The average Bonchev–Trinajstić information content (AvgIpc) is 2.26. The molecule has 0 saturated heterocycles. The van der Waals surface area contributed by atoms with Gasteiger partial charge >= 0.3 is 0 Å². The van der Waals surface area contributed by atoms with Crippen LogP contribution in [0.1, 0.15) is 17.3 Å².